The second-order valence-corrected chi connectivity index (χ2v) is 4.71. The lowest BCUT2D eigenvalue weighted by Crippen LogP contribution is -2.64. The number of hydrogen-bond acceptors (Lipinski definition) is 8. The van der Waals surface area contributed by atoms with Crippen molar-refractivity contribution in [3.63, 3.8) is 0 Å². The normalized spacial score (nSPS) is 34.2. The zero-order valence-electron chi connectivity index (χ0n) is 11.4. The Balaban J connectivity index is 2.78. The smallest absolute Gasteiger partial charge is 0.322 e. The van der Waals surface area contributed by atoms with Gasteiger partial charge in [-0.3, -0.25) is 9.59 Å². The molecule has 0 aromatic heterocycles. The Morgan fingerprint density at radius 3 is 2.48 bits per heavy atom. The van der Waals surface area contributed by atoms with E-state index in [1.54, 1.807) is 0 Å². The van der Waals surface area contributed by atoms with Crippen molar-refractivity contribution in [2.24, 2.45) is 5.73 Å². The number of nitrogens with two attached hydrogens (primary N) is 1. The molecule has 0 spiro atoms. The summed E-state index contributed by atoms with van der Waals surface area (Å²) >= 11 is 0. The van der Waals surface area contributed by atoms with Gasteiger partial charge in [0.25, 0.3) is 0 Å². The van der Waals surface area contributed by atoms with E-state index in [0.717, 1.165) is 0 Å². The van der Waals surface area contributed by atoms with Gasteiger partial charge < -0.3 is 41.0 Å². The van der Waals surface area contributed by atoms with Crippen LogP contribution in [-0.2, 0) is 19.1 Å². The Kier molecular flexibility index (Phi) is 6.45. The summed E-state index contributed by atoms with van der Waals surface area (Å²) < 4.78 is 10.4. The molecule has 0 unspecified atom stereocenters. The number of carbonyl (C=O) groups excluding carboxylic acids is 1. The highest BCUT2D eigenvalue weighted by Gasteiger charge is 2.45. The first-order valence-corrected chi connectivity index (χ1v) is 6.27. The maximum Gasteiger partial charge on any atom is 0.322 e. The maximum absolute atomic E-state index is 11.1. The van der Waals surface area contributed by atoms with Crippen LogP contribution in [0.3, 0.4) is 0 Å². The Labute approximate surface area is 120 Å². The van der Waals surface area contributed by atoms with Gasteiger partial charge in [0.05, 0.1) is 13.2 Å². The molecular formula is C11H20N2O8. The number of ether oxygens (including phenoxy) is 2. The molecule has 1 fully saturated rings. The van der Waals surface area contributed by atoms with Crippen molar-refractivity contribution in [1.29, 1.82) is 0 Å². The molecular weight excluding hydrogens is 288 g/mol. The molecule has 0 aromatic carbocycles. The highest BCUT2D eigenvalue weighted by molar-refractivity contribution is 5.73. The van der Waals surface area contributed by atoms with Crippen molar-refractivity contribution in [3.05, 3.63) is 0 Å². The highest BCUT2D eigenvalue weighted by atomic mass is 16.7. The molecule has 1 aliphatic rings. The Bertz CT molecular complexity index is 379. The first-order chi connectivity index (χ1) is 9.77. The summed E-state index contributed by atoms with van der Waals surface area (Å²) in [6.07, 6.45) is -5.27. The molecule has 1 rings (SSSR count). The monoisotopic (exact) mass is 308 g/mol. The van der Waals surface area contributed by atoms with E-state index in [1.807, 2.05) is 0 Å². The number of amides is 1. The topological polar surface area (TPSA) is 172 Å². The van der Waals surface area contributed by atoms with Gasteiger partial charge in [0, 0.05) is 6.92 Å². The first-order valence-electron chi connectivity index (χ1n) is 6.27. The van der Waals surface area contributed by atoms with Gasteiger partial charge >= 0.3 is 5.97 Å². The van der Waals surface area contributed by atoms with Gasteiger partial charge in [-0.1, -0.05) is 0 Å². The third kappa shape index (κ3) is 4.59. The number of rotatable bonds is 6. The molecule has 1 heterocycles. The summed E-state index contributed by atoms with van der Waals surface area (Å²) in [5, 5.41) is 39.8. The molecule has 0 radical (unpaired) electrons. The van der Waals surface area contributed by atoms with Crippen LogP contribution in [-0.4, -0.2) is 82.2 Å². The summed E-state index contributed by atoms with van der Waals surface area (Å²) in [5.41, 5.74) is 5.28. The van der Waals surface area contributed by atoms with E-state index in [0.29, 0.717) is 0 Å². The molecule has 1 amide bonds. The van der Waals surface area contributed by atoms with E-state index in [4.69, 9.17) is 25.4 Å². The van der Waals surface area contributed by atoms with Crippen LogP contribution in [0.2, 0.25) is 0 Å². The van der Waals surface area contributed by atoms with E-state index < -0.39 is 61.8 Å². The minimum Gasteiger partial charge on any atom is -0.480 e. The number of aliphatic hydroxyl groups is 3. The van der Waals surface area contributed by atoms with Crippen LogP contribution >= 0.6 is 0 Å². The third-order valence-electron chi connectivity index (χ3n) is 3.01. The van der Waals surface area contributed by atoms with Gasteiger partial charge in [-0.05, 0) is 0 Å². The Hall–Kier alpha value is -1.30. The average Bonchev–Trinajstić information content (AvgIpc) is 2.42. The van der Waals surface area contributed by atoms with Crippen molar-refractivity contribution >= 4 is 11.9 Å². The number of carboxylic acid groups (broad SMARTS) is 1. The fourth-order valence-corrected chi connectivity index (χ4v) is 1.88. The second-order valence-electron chi connectivity index (χ2n) is 4.71. The minimum atomic E-state index is -1.45. The molecule has 122 valence electrons. The van der Waals surface area contributed by atoms with Crippen LogP contribution in [0.1, 0.15) is 6.92 Å². The number of nitrogens with one attached hydrogen (secondary N) is 1. The first kappa shape index (κ1) is 17.8. The minimum absolute atomic E-state index is 0.433. The van der Waals surface area contributed by atoms with Gasteiger partial charge in [-0.25, -0.2) is 0 Å². The fourth-order valence-electron chi connectivity index (χ4n) is 1.88. The van der Waals surface area contributed by atoms with Crippen LogP contribution in [0.15, 0.2) is 0 Å². The van der Waals surface area contributed by atoms with Crippen LogP contribution in [0.25, 0.3) is 0 Å². The molecule has 0 bridgehead atoms. The average molecular weight is 308 g/mol. The molecule has 6 atom stereocenters. The standard InChI is InChI=1S/C11H20N2O8/c1-4(15)13-7-9(17)8(16)6(2-14)21-11(7)20-3-5(12)10(18)19/h5-9,11,14,16-17H,2-3,12H2,1H3,(H,13,15)(H,18,19)/t5-,6+,7+,8+,9+,11-/m0/s1. The predicted octanol–water partition coefficient (Wildman–Crippen LogP) is -3.64. The fraction of sp³-hybridized carbons (Fsp3) is 0.818. The molecule has 21 heavy (non-hydrogen) atoms. The quantitative estimate of drug-likeness (QED) is 0.289. The van der Waals surface area contributed by atoms with Gasteiger partial charge in [0.1, 0.15) is 30.4 Å². The lowest BCUT2D eigenvalue weighted by molar-refractivity contribution is -0.270. The zero-order valence-corrected chi connectivity index (χ0v) is 11.4. The summed E-state index contributed by atoms with van der Waals surface area (Å²) in [6, 6.07) is -2.44. The maximum atomic E-state index is 11.1. The summed E-state index contributed by atoms with van der Waals surface area (Å²) in [5.74, 6) is -1.80. The van der Waals surface area contributed by atoms with Crippen molar-refractivity contribution in [2.45, 2.75) is 43.6 Å². The molecule has 10 heteroatoms. The van der Waals surface area contributed by atoms with Crippen LogP contribution in [0.4, 0.5) is 0 Å². The van der Waals surface area contributed by atoms with E-state index in [1.165, 1.54) is 6.92 Å². The molecule has 0 aliphatic carbocycles. The van der Waals surface area contributed by atoms with Crippen molar-refractivity contribution in [3.8, 4) is 0 Å². The number of carboxylic acids is 1. The number of aliphatic hydroxyl groups excluding tert-OH is 3. The van der Waals surface area contributed by atoms with Crippen molar-refractivity contribution < 1.29 is 39.5 Å². The number of carbonyl (C=O) groups is 2. The van der Waals surface area contributed by atoms with Gasteiger partial charge in [-0.2, -0.15) is 0 Å². The summed E-state index contributed by atoms with van der Waals surface area (Å²) in [6.45, 7) is 0.171. The lowest BCUT2D eigenvalue weighted by atomic mass is 9.97. The summed E-state index contributed by atoms with van der Waals surface area (Å²) in [7, 11) is 0. The van der Waals surface area contributed by atoms with E-state index in [9.17, 15) is 19.8 Å². The zero-order chi connectivity index (χ0) is 16.2. The molecule has 7 N–H and O–H groups in total. The van der Waals surface area contributed by atoms with Crippen LogP contribution in [0.5, 0.6) is 0 Å². The highest BCUT2D eigenvalue weighted by Crippen LogP contribution is 2.22. The molecule has 10 nitrogen and oxygen atoms in total. The van der Waals surface area contributed by atoms with Crippen LogP contribution < -0.4 is 11.1 Å². The Morgan fingerprint density at radius 2 is 2.00 bits per heavy atom. The second kappa shape index (κ2) is 7.64. The van der Waals surface area contributed by atoms with Crippen LogP contribution in [0, 0.1) is 0 Å². The molecule has 1 aliphatic heterocycles. The molecule has 0 aromatic rings. The Morgan fingerprint density at radius 1 is 1.38 bits per heavy atom. The van der Waals surface area contributed by atoms with E-state index in [-0.39, 0.29) is 0 Å². The van der Waals surface area contributed by atoms with Crippen molar-refractivity contribution in [2.75, 3.05) is 13.2 Å². The predicted molar refractivity (Wildman–Crippen MR) is 66.9 cm³/mol. The van der Waals surface area contributed by atoms with Gasteiger partial charge in [0.2, 0.25) is 5.91 Å². The molecule has 0 saturated carbocycles. The van der Waals surface area contributed by atoms with E-state index in [2.05, 4.69) is 5.32 Å². The van der Waals surface area contributed by atoms with Gasteiger partial charge in [0.15, 0.2) is 6.29 Å². The molecule has 1 saturated heterocycles. The SMILES string of the molecule is CC(=O)N[C@H]1[C@@H](OC[C@H](N)C(=O)O)O[C@H](CO)[C@@H](O)[C@@H]1O. The largest absolute Gasteiger partial charge is 0.480 e. The number of hydrogen-bond donors (Lipinski definition) is 6. The summed E-state index contributed by atoms with van der Waals surface area (Å²) in [4.78, 5) is 21.7. The van der Waals surface area contributed by atoms with Crippen molar-refractivity contribution in [1.82, 2.24) is 5.32 Å². The van der Waals surface area contributed by atoms with Gasteiger partial charge in [-0.15, -0.1) is 0 Å². The third-order valence-corrected chi connectivity index (χ3v) is 3.01. The number of aliphatic carboxylic acids is 1. The van der Waals surface area contributed by atoms with E-state index >= 15 is 0 Å². The lowest BCUT2D eigenvalue weighted by Gasteiger charge is -2.42.